The Morgan fingerprint density at radius 1 is 1.19 bits per heavy atom. The van der Waals surface area contributed by atoms with Gasteiger partial charge >= 0.3 is 0 Å². The van der Waals surface area contributed by atoms with Crippen molar-refractivity contribution in [2.45, 2.75) is 44.9 Å². The minimum atomic E-state index is -0.520. The molecule has 1 saturated carbocycles. The Kier molecular flexibility index (Phi) is 3.83. The van der Waals surface area contributed by atoms with Crippen molar-refractivity contribution in [3.8, 4) is 0 Å². The molecule has 4 nitrogen and oxygen atoms in total. The Labute approximate surface area is 124 Å². The number of hydrogen-bond donors (Lipinski definition) is 1. The average molecular weight is 291 g/mol. The Morgan fingerprint density at radius 2 is 1.86 bits per heavy atom. The molecular formula is C16H22FN3O. The molecule has 1 saturated heterocycles. The zero-order valence-corrected chi connectivity index (χ0v) is 12.3. The maximum atomic E-state index is 13.3. The van der Waals surface area contributed by atoms with Crippen molar-refractivity contribution in [1.29, 1.82) is 0 Å². The van der Waals surface area contributed by atoms with E-state index < -0.39 is 5.82 Å². The van der Waals surface area contributed by atoms with E-state index in [9.17, 15) is 9.18 Å². The molecule has 114 valence electrons. The molecule has 21 heavy (non-hydrogen) atoms. The highest BCUT2D eigenvalue weighted by atomic mass is 19.1. The van der Waals surface area contributed by atoms with Crippen LogP contribution in [0.4, 0.5) is 10.2 Å². The fourth-order valence-corrected chi connectivity index (χ4v) is 3.78. The van der Waals surface area contributed by atoms with E-state index in [1.165, 1.54) is 38.2 Å². The monoisotopic (exact) mass is 291 g/mol. The van der Waals surface area contributed by atoms with Crippen molar-refractivity contribution >= 4 is 11.7 Å². The molecule has 2 heterocycles. The van der Waals surface area contributed by atoms with Crippen molar-refractivity contribution in [2.75, 3.05) is 18.8 Å². The summed E-state index contributed by atoms with van der Waals surface area (Å²) in [4.78, 5) is 18.0. The van der Waals surface area contributed by atoms with Gasteiger partial charge in [0.2, 0.25) is 0 Å². The van der Waals surface area contributed by atoms with Crippen molar-refractivity contribution < 1.29 is 9.18 Å². The number of nitrogen functional groups attached to an aromatic ring is 1. The van der Waals surface area contributed by atoms with Crippen LogP contribution < -0.4 is 5.73 Å². The number of piperidine rings is 1. The number of amides is 1. The van der Waals surface area contributed by atoms with Crippen LogP contribution in [-0.4, -0.2) is 28.9 Å². The molecule has 0 unspecified atom stereocenters. The number of carbonyl (C=O) groups excluding carboxylic acids is 1. The minimum Gasteiger partial charge on any atom is -0.383 e. The van der Waals surface area contributed by atoms with Gasteiger partial charge in [-0.05, 0) is 37.2 Å². The molecule has 2 aliphatic rings. The maximum absolute atomic E-state index is 13.3. The summed E-state index contributed by atoms with van der Waals surface area (Å²) in [5, 5.41) is 0. The van der Waals surface area contributed by atoms with Crippen LogP contribution in [0.2, 0.25) is 0 Å². The molecular weight excluding hydrogens is 269 g/mol. The van der Waals surface area contributed by atoms with E-state index in [4.69, 9.17) is 5.73 Å². The summed E-state index contributed by atoms with van der Waals surface area (Å²) in [5.74, 6) is -0.599. The quantitative estimate of drug-likeness (QED) is 0.865. The third kappa shape index (κ3) is 2.87. The number of rotatable bonds is 1. The van der Waals surface area contributed by atoms with Crippen LogP contribution in [0, 0.1) is 11.2 Å². The maximum Gasteiger partial charge on any atom is 0.257 e. The lowest BCUT2D eigenvalue weighted by molar-refractivity contribution is 0.0472. The fraction of sp³-hybridized carbons (Fsp3) is 0.625. The van der Waals surface area contributed by atoms with Crippen LogP contribution >= 0.6 is 0 Å². The van der Waals surface area contributed by atoms with Gasteiger partial charge in [-0.1, -0.05) is 19.3 Å². The number of nitrogens with two attached hydrogens (primary N) is 1. The van der Waals surface area contributed by atoms with Gasteiger partial charge in [0.1, 0.15) is 11.6 Å². The third-order valence-corrected chi connectivity index (χ3v) is 5.14. The van der Waals surface area contributed by atoms with Gasteiger partial charge in [0, 0.05) is 13.1 Å². The lowest BCUT2D eigenvalue weighted by Crippen LogP contribution is -2.44. The largest absolute Gasteiger partial charge is 0.383 e. The number of carbonyl (C=O) groups is 1. The first-order valence-electron chi connectivity index (χ1n) is 7.80. The zero-order chi connectivity index (χ0) is 14.9. The van der Waals surface area contributed by atoms with Crippen LogP contribution in [0.5, 0.6) is 0 Å². The van der Waals surface area contributed by atoms with Crippen LogP contribution in [0.25, 0.3) is 0 Å². The summed E-state index contributed by atoms with van der Waals surface area (Å²) in [6, 6.07) is 1.19. The van der Waals surface area contributed by atoms with E-state index in [0.29, 0.717) is 5.41 Å². The molecule has 1 aromatic rings. The van der Waals surface area contributed by atoms with Crippen molar-refractivity contribution in [1.82, 2.24) is 9.88 Å². The molecule has 2 N–H and O–H groups in total. The van der Waals surface area contributed by atoms with E-state index in [2.05, 4.69) is 4.98 Å². The smallest absolute Gasteiger partial charge is 0.257 e. The molecule has 2 fully saturated rings. The van der Waals surface area contributed by atoms with Gasteiger partial charge in [-0.15, -0.1) is 0 Å². The number of nitrogens with zero attached hydrogens (tertiary/aromatic N) is 2. The molecule has 0 aromatic carbocycles. The predicted molar refractivity (Wildman–Crippen MR) is 79.3 cm³/mol. The molecule has 1 amide bonds. The van der Waals surface area contributed by atoms with E-state index >= 15 is 0 Å². The van der Waals surface area contributed by atoms with Gasteiger partial charge < -0.3 is 10.6 Å². The number of anilines is 1. The number of hydrogen-bond acceptors (Lipinski definition) is 3. The normalized spacial score (nSPS) is 21.5. The molecule has 5 heteroatoms. The number of halogens is 1. The van der Waals surface area contributed by atoms with Gasteiger partial charge in [-0.2, -0.15) is 0 Å². The molecule has 1 aliphatic heterocycles. The highest BCUT2D eigenvalue weighted by Gasteiger charge is 2.37. The summed E-state index contributed by atoms with van der Waals surface area (Å²) in [6.07, 6.45) is 9.71. The first-order chi connectivity index (χ1) is 10.1. The first kappa shape index (κ1) is 14.3. The van der Waals surface area contributed by atoms with E-state index in [1.54, 1.807) is 4.90 Å². The molecule has 0 bridgehead atoms. The summed E-state index contributed by atoms with van der Waals surface area (Å²) >= 11 is 0. The zero-order valence-electron chi connectivity index (χ0n) is 12.3. The molecule has 0 atom stereocenters. The SMILES string of the molecule is Nc1ncc(F)cc1C(=O)N1CCC2(CCCCC2)CC1. The number of pyridine rings is 1. The van der Waals surface area contributed by atoms with Crippen molar-refractivity contribution in [3.63, 3.8) is 0 Å². The summed E-state index contributed by atoms with van der Waals surface area (Å²) < 4.78 is 13.3. The lowest BCUT2D eigenvalue weighted by atomic mass is 9.68. The third-order valence-electron chi connectivity index (χ3n) is 5.14. The molecule has 1 aliphatic carbocycles. The van der Waals surface area contributed by atoms with E-state index in [1.807, 2.05) is 0 Å². The number of likely N-dealkylation sites (tertiary alicyclic amines) is 1. The summed E-state index contributed by atoms with van der Waals surface area (Å²) in [5.41, 5.74) is 6.34. The Hall–Kier alpha value is -1.65. The highest BCUT2D eigenvalue weighted by Crippen LogP contribution is 2.44. The fourth-order valence-electron chi connectivity index (χ4n) is 3.78. The predicted octanol–water partition coefficient (Wildman–Crippen LogP) is 2.99. The van der Waals surface area contributed by atoms with Crippen LogP contribution in [-0.2, 0) is 0 Å². The van der Waals surface area contributed by atoms with E-state index in [0.717, 1.165) is 32.1 Å². The molecule has 1 spiro atoms. The second-order valence-electron chi connectivity index (χ2n) is 6.44. The highest BCUT2D eigenvalue weighted by molar-refractivity contribution is 5.98. The summed E-state index contributed by atoms with van der Waals surface area (Å²) in [7, 11) is 0. The number of aromatic nitrogens is 1. The molecule has 0 radical (unpaired) electrons. The molecule has 1 aromatic heterocycles. The molecule has 3 rings (SSSR count). The van der Waals surface area contributed by atoms with Crippen molar-refractivity contribution in [3.05, 3.63) is 23.6 Å². The lowest BCUT2D eigenvalue weighted by Gasteiger charge is -2.44. The van der Waals surface area contributed by atoms with Gasteiger partial charge in [-0.25, -0.2) is 9.37 Å². The van der Waals surface area contributed by atoms with Crippen LogP contribution in [0.15, 0.2) is 12.3 Å². The minimum absolute atomic E-state index is 0.111. The standard InChI is InChI=1S/C16H22FN3O/c17-12-10-13(14(18)19-11-12)15(21)20-8-6-16(7-9-20)4-2-1-3-5-16/h10-11H,1-9H2,(H2,18,19). The first-order valence-corrected chi connectivity index (χ1v) is 7.80. The van der Waals surface area contributed by atoms with Gasteiger partial charge in [-0.3, -0.25) is 4.79 Å². The summed E-state index contributed by atoms with van der Waals surface area (Å²) in [6.45, 7) is 1.49. The van der Waals surface area contributed by atoms with Crippen LogP contribution in [0.1, 0.15) is 55.3 Å². The van der Waals surface area contributed by atoms with Gasteiger partial charge in [0.25, 0.3) is 5.91 Å². The average Bonchev–Trinajstić information content (AvgIpc) is 2.51. The Balaban J connectivity index is 1.69. The Bertz CT molecular complexity index is 530. The van der Waals surface area contributed by atoms with Gasteiger partial charge in [0.15, 0.2) is 0 Å². The Morgan fingerprint density at radius 3 is 2.52 bits per heavy atom. The van der Waals surface area contributed by atoms with Crippen LogP contribution in [0.3, 0.4) is 0 Å². The van der Waals surface area contributed by atoms with Crippen molar-refractivity contribution in [2.24, 2.45) is 5.41 Å². The second kappa shape index (κ2) is 5.62. The topological polar surface area (TPSA) is 59.2 Å². The van der Waals surface area contributed by atoms with Gasteiger partial charge in [0.05, 0.1) is 11.8 Å². The second-order valence-corrected chi connectivity index (χ2v) is 6.44. The van der Waals surface area contributed by atoms with E-state index in [-0.39, 0.29) is 17.3 Å².